The number of nitrogens with one attached hydrogen (secondary N) is 1. The molecule has 1 aliphatic rings. The summed E-state index contributed by atoms with van der Waals surface area (Å²) >= 11 is 0. The van der Waals surface area contributed by atoms with E-state index in [1.165, 1.54) is 12.8 Å². The highest BCUT2D eigenvalue weighted by Crippen LogP contribution is 2.41. The summed E-state index contributed by atoms with van der Waals surface area (Å²) in [6.07, 6.45) is 6.35. The van der Waals surface area contributed by atoms with Crippen LogP contribution in [0.15, 0.2) is 12.3 Å². The van der Waals surface area contributed by atoms with Crippen LogP contribution in [0.5, 0.6) is 0 Å². The fourth-order valence-electron chi connectivity index (χ4n) is 2.47. The molecule has 1 fully saturated rings. The molecule has 1 saturated carbocycles. The van der Waals surface area contributed by atoms with Crippen LogP contribution in [0, 0.1) is 0 Å². The summed E-state index contributed by atoms with van der Waals surface area (Å²) in [6, 6.07) is 1.91. The number of carboxylic acids is 1. The number of rotatable bonds is 2. The van der Waals surface area contributed by atoms with Crippen LogP contribution in [0.25, 0.3) is 0 Å². The van der Waals surface area contributed by atoms with E-state index in [1.807, 2.05) is 6.07 Å². The number of hydrogen-bond acceptors (Lipinski definition) is 1. The quantitative estimate of drug-likeness (QED) is 0.758. The lowest BCUT2D eigenvalue weighted by atomic mass is 9.81. The molecule has 0 bridgehead atoms. The maximum atomic E-state index is 11.0. The maximum Gasteiger partial charge on any atom is 0.352 e. The highest BCUT2D eigenvalue weighted by Gasteiger charge is 2.34. The van der Waals surface area contributed by atoms with Gasteiger partial charge >= 0.3 is 5.97 Å². The van der Waals surface area contributed by atoms with Gasteiger partial charge in [-0.3, -0.25) is 0 Å². The Morgan fingerprint density at radius 2 is 2.14 bits per heavy atom. The minimum absolute atomic E-state index is 0.0771. The van der Waals surface area contributed by atoms with Crippen molar-refractivity contribution in [2.45, 2.75) is 38.0 Å². The summed E-state index contributed by atoms with van der Waals surface area (Å²) < 4.78 is 0. The molecule has 0 atom stereocenters. The van der Waals surface area contributed by atoms with Gasteiger partial charge in [-0.25, -0.2) is 4.79 Å². The lowest BCUT2D eigenvalue weighted by Gasteiger charge is -2.23. The molecule has 1 heterocycles. The van der Waals surface area contributed by atoms with Gasteiger partial charge in [0.25, 0.3) is 0 Å². The van der Waals surface area contributed by atoms with E-state index in [0.717, 1.165) is 18.4 Å². The first-order valence-corrected chi connectivity index (χ1v) is 5.05. The molecule has 2 rings (SSSR count). The number of H-pyrrole nitrogens is 1. The molecule has 0 aliphatic heterocycles. The third-order valence-corrected chi connectivity index (χ3v) is 3.32. The van der Waals surface area contributed by atoms with Crippen LogP contribution in [0.2, 0.25) is 0 Å². The molecule has 14 heavy (non-hydrogen) atoms. The Morgan fingerprint density at radius 1 is 1.50 bits per heavy atom. The van der Waals surface area contributed by atoms with E-state index in [4.69, 9.17) is 5.11 Å². The molecule has 0 amide bonds. The molecule has 0 unspecified atom stereocenters. The summed E-state index contributed by atoms with van der Waals surface area (Å²) in [6.45, 7) is 2.16. The number of hydrogen-bond donors (Lipinski definition) is 2. The highest BCUT2D eigenvalue weighted by atomic mass is 16.4. The van der Waals surface area contributed by atoms with E-state index in [1.54, 1.807) is 6.20 Å². The largest absolute Gasteiger partial charge is 0.477 e. The Labute approximate surface area is 83.1 Å². The fraction of sp³-hybridized carbons (Fsp3) is 0.545. The molecule has 3 nitrogen and oxygen atoms in total. The summed E-state index contributed by atoms with van der Waals surface area (Å²) in [5, 5.41) is 9.00. The molecule has 1 aromatic heterocycles. The Hall–Kier alpha value is -1.25. The van der Waals surface area contributed by atoms with Crippen molar-refractivity contribution in [3.63, 3.8) is 0 Å². The van der Waals surface area contributed by atoms with Gasteiger partial charge in [0.1, 0.15) is 5.69 Å². The van der Waals surface area contributed by atoms with Gasteiger partial charge in [0.2, 0.25) is 0 Å². The summed E-state index contributed by atoms with van der Waals surface area (Å²) in [4.78, 5) is 13.8. The number of aromatic amines is 1. The smallest absolute Gasteiger partial charge is 0.352 e. The topological polar surface area (TPSA) is 53.1 Å². The molecular weight excluding hydrogens is 178 g/mol. The molecule has 1 aromatic rings. The van der Waals surface area contributed by atoms with Crippen LogP contribution in [-0.2, 0) is 5.41 Å². The van der Waals surface area contributed by atoms with E-state index in [9.17, 15) is 4.79 Å². The summed E-state index contributed by atoms with van der Waals surface area (Å²) in [5.41, 5.74) is 1.42. The average Bonchev–Trinajstić information content (AvgIpc) is 2.71. The minimum atomic E-state index is -0.849. The lowest BCUT2D eigenvalue weighted by Crippen LogP contribution is -2.19. The van der Waals surface area contributed by atoms with Crippen molar-refractivity contribution < 1.29 is 9.90 Å². The summed E-state index contributed by atoms with van der Waals surface area (Å²) in [7, 11) is 0. The second-order valence-corrected chi connectivity index (χ2v) is 4.34. The number of carboxylic acid groups (broad SMARTS) is 1. The SMILES string of the molecule is CC1(c2cc[nH]c2C(=O)O)CCCC1. The first-order valence-electron chi connectivity index (χ1n) is 5.05. The van der Waals surface area contributed by atoms with Gasteiger partial charge < -0.3 is 10.1 Å². The predicted octanol–water partition coefficient (Wildman–Crippen LogP) is 2.54. The van der Waals surface area contributed by atoms with Crippen molar-refractivity contribution in [3.8, 4) is 0 Å². The van der Waals surface area contributed by atoms with Crippen LogP contribution in [0.4, 0.5) is 0 Å². The van der Waals surface area contributed by atoms with Gasteiger partial charge in [0.05, 0.1) is 0 Å². The number of carbonyl (C=O) groups is 1. The monoisotopic (exact) mass is 193 g/mol. The third kappa shape index (κ3) is 1.33. The van der Waals surface area contributed by atoms with Crippen molar-refractivity contribution in [3.05, 3.63) is 23.5 Å². The Bertz CT molecular complexity index is 348. The third-order valence-electron chi connectivity index (χ3n) is 3.32. The zero-order chi connectivity index (χ0) is 10.2. The zero-order valence-corrected chi connectivity index (χ0v) is 8.34. The fourth-order valence-corrected chi connectivity index (χ4v) is 2.47. The zero-order valence-electron chi connectivity index (χ0n) is 8.34. The van der Waals surface area contributed by atoms with E-state index in [0.29, 0.717) is 5.69 Å². The van der Waals surface area contributed by atoms with Crippen molar-refractivity contribution in [1.82, 2.24) is 4.98 Å². The Morgan fingerprint density at radius 3 is 2.71 bits per heavy atom. The first kappa shape index (κ1) is 9.31. The second-order valence-electron chi connectivity index (χ2n) is 4.34. The van der Waals surface area contributed by atoms with Crippen LogP contribution in [-0.4, -0.2) is 16.1 Å². The molecule has 3 heteroatoms. The maximum absolute atomic E-state index is 11.0. The van der Waals surface area contributed by atoms with Crippen molar-refractivity contribution in [2.75, 3.05) is 0 Å². The van der Waals surface area contributed by atoms with E-state index in [2.05, 4.69) is 11.9 Å². The minimum Gasteiger partial charge on any atom is -0.477 e. The molecule has 76 valence electrons. The van der Waals surface area contributed by atoms with Gasteiger partial charge in [-0.05, 0) is 29.9 Å². The van der Waals surface area contributed by atoms with E-state index < -0.39 is 5.97 Å². The van der Waals surface area contributed by atoms with Crippen LogP contribution in [0.3, 0.4) is 0 Å². The van der Waals surface area contributed by atoms with Gasteiger partial charge in [-0.2, -0.15) is 0 Å². The first-order chi connectivity index (χ1) is 6.63. The number of aromatic carboxylic acids is 1. The lowest BCUT2D eigenvalue weighted by molar-refractivity contribution is 0.0688. The molecule has 0 aromatic carbocycles. The predicted molar refractivity (Wildman–Crippen MR) is 53.6 cm³/mol. The number of aromatic nitrogens is 1. The molecule has 0 radical (unpaired) electrons. The van der Waals surface area contributed by atoms with E-state index in [-0.39, 0.29) is 5.41 Å². The van der Waals surface area contributed by atoms with Crippen molar-refractivity contribution in [2.24, 2.45) is 0 Å². The van der Waals surface area contributed by atoms with Crippen molar-refractivity contribution >= 4 is 5.97 Å². The molecule has 2 N–H and O–H groups in total. The Balaban J connectivity index is 2.40. The van der Waals surface area contributed by atoms with Gasteiger partial charge in [0, 0.05) is 6.20 Å². The standard InChI is InChI=1S/C11H15NO2/c1-11(5-2-3-6-11)8-4-7-12-9(8)10(13)14/h4,7,12H,2-3,5-6H2,1H3,(H,13,14). The van der Waals surface area contributed by atoms with Crippen molar-refractivity contribution in [1.29, 1.82) is 0 Å². The summed E-state index contributed by atoms with van der Waals surface area (Å²) in [5.74, 6) is -0.849. The molecular formula is C11H15NO2. The molecule has 1 aliphatic carbocycles. The highest BCUT2D eigenvalue weighted by molar-refractivity contribution is 5.87. The average molecular weight is 193 g/mol. The normalized spacial score (nSPS) is 19.8. The van der Waals surface area contributed by atoms with Gasteiger partial charge in [0.15, 0.2) is 0 Å². The van der Waals surface area contributed by atoms with E-state index >= 15 is 0 Å². The van der Waals surface area contributed by atoms with Crippen LogP contribution >= 0.6 is 0 Å². The van der Waals surface area contributed by atoms with Crippen LogP contribution < -0.4 is 0 Å². The molecule has 0 saturated heterocycles. The van der Waals surface area contributed by atoms with Gasteiger partial charge in [-0.15, -0.1) is 0 Å². The second kappa shape index (κ2) is 3.15. The van der Waals surface area contributed by atoms with Crippen LogP contribution in [0.1, 0.15) is 48.7 Å². The van der Waals surface area contributed by atoms with Gasteiger partial charge in [-0.1, -0.05) is 19.8 Å². The molecule has 0 spiro atoms. The Kier molecular flexibility index (Phi) is 2.10.